The van der Waals surface area contributed by atoms with E-state index in [1.807, 2.05) is 20.8 Å². The van der Waals surface area contributed by atoms with Crippen molar-refractivity contribution in [3.8, 4) is 11.3 Å². The second kappa shape index (κ2) is 8.02. The van der Waals surface area contributed by atoms with Crippen molar-refractivity contribution in [3.63, 3.8) is 0 Å². The van der Waals surface area contributed by atoms with E-state index in [2.05, 4.69) is 9.97 Å². The fourth-order valence-corrected chi connectivity index (χ4v) is 4.75. The zero-order valence-electron chi connectivity index (χ0n) is 18.7. The molecule has 0 aliphatic carbocycles. The summed E-state index contributed by atoms with van der Waals surface area (Å²) in [6, 6.07) is 5.95. The molecule has 1 saturated heterocycles. The van der Waals surface area contributed by atoms with Crippen LogP contribution in [-0.4, -0.2) is 45.5 Å². The first kappa shape index (κ1) is 22.2. The van der Waals surface area contributed by atoms with Gasteiger partial charge in [0.25, 0.3) is 5.56 Å². The first-order valence-electron chi connectivity index (χ1n) is 11.1. The molecule has 6 nitrogen and oxygen atoms in total. The first-order chi connectivity index (χ1) is 15.6. The minimum Gasteiger partial charge on any atom is -0.368 e. The SMILES string of the molecule is CC(C)(C)OC1CN(c2cc3c(=O)n4c(nc3c(-c3ccc(Cl)cc3F)n2)CCC4)C[C@@H]1F. The predicted molar refractivity (Wildman–Crippen MR) is 124 cm³/mol. The summed E-state index contributed by atoms with van der Waals surface area (Å²) in [5.74, 6) is 0.503. The molecule has 5 rings (SSSR count). The van der Waals surface area contributed by atoms with E-state index in [9.17, 15) is 13.6 Å². The maximum atomic E-state index is 14.9. The Labute approximate surface area is 195 Å². The van der Waals surface area contributed by atoms with E-state index in [0.717, 1.165) is 6.42 Å². The van der Waals surface area contributed by atoms with Crippen LogP contribution in [0.1, 0.15) is 33.0 Å². The second-order valence-electron chi connectivity index (χ2n) is 9.63. The second-order valence-corrected chi connectivity index (χ2v) is 10.1. The Bertz CT molecular complexity index is 1300. The van der Waals surface area contributed by atoms with E-state index in [4.69, 9.17) is 16.3 Å². The van der Waals surface area contributed by atoms with Gasteiger partial charge < -0.3 is 9.64 Å². The molecule has 1 unspecified atom stereocenters. The van der Waals surface area contributed by atoms with Gasteiger partial charge in [0.1, 0.15) is 40.9 Å². The molecule has 4 heterocycles. The number of aryl methyl sites for hydroxylation is 1. The molecule has 0 saturated carbocycles. The zero-order chi connectivity index (χ0) is 23.5. The highest BCUT2D eigenvalue weighted by Crippen LogP contribution is 2.33. The van der Waals surface area contributed by atoms with Crippen molar-refractivity contribution in [2.75, 3.05) is 18.0 Å². The molecular weight excluding hydrogens is 450 g/mol. The molecule has 174 valence electrons. The van der Waals surface area contributed by atoms with Crippen LogP contribution in [0.3, 0.4) is 0 Å². The summed E-state index contributed by atoms with van der Waals surface area (Å²) in [5, 5.41) is 0.596. The Morgan fingerprint density at radius 2 is 1.97 bits per heavy atom. The van der Waals surface area contributed by atoms with Crippen LogP contribution in [-0.2, 0) is 17.7 Å². The van der Waals surface area contributed by atoms with Crippen LogP contribution in [0.5, 0.6) is 0 Å². The van der Waals surface area contributed by atoms with Gasteiger partial charge in [-0.1, -0.05) is 11.6 Å². The van der Waals surface area contributed by atoms with E-state index >= 15 is 0 Å². The van der Waals surface area contributed by atoms with Crippen LogP contribution in [0.15, 0.2) is 29.1 Å². The maximum Gasteiger partial charge on any atom is 0.261 e. The lowest BCUT2D eigenvalue weighted by atomic mass is 10.1. The number of alkyl halides is 1. The highest BCUT2D eigenvalue weighted by atomic mass is 35.5. The molecular formula is C24H25ClF2N4O2. The van der Waals surface area contributed by atoms with Crippen molar-refractivity contribution in [3.05, 3.63) is 51.3 Å². The van der Waals surface area contributed by atoms with Crippen LogP contribution in [0.4, 0.5) is 14.6 Å². The summed E-state index contributed by atoms with van der Waals surface area (Å²) in [4.78, 5) is 24.4. The third-order valence-electron chi connectivity index (χ3n) is 6.00. The number of rotatable bonds is 3. The fourth-order valence-electron chi connectivity index (χ4n) is 4.59. The van der Waals surface area contributed by atoms with E-state index in [1.54, 1.807) is 21.6 Å². The van der Waals surface area contributed by atoms with Crippen molar-refractivity contribution < 1.29 is 13.5 Å². The molecule has 0 amide bonds. The van der Waals surface area contributed by atoms with Gasteiger partial charge in [-0.15, -0.1) is 0 Å². The van der Waals surface area contributed by atoms with Crippen molar-refractivity contribution in [2.24, 2.45) is 0 Å². The van der Waals surface area contributed by atoms with Gasteiger partial charge in [0.05, 0.1) is 17.5 Å². The number of anilines is 1. The maximum absolute atomic E-state index is 14.9. The molecule has 0 bridgehead atoms. The van der Waals surface area contributed by atoms with E-state index in [0.29, 0.717) is 35.5 Å². The summed E-state index contributed by atoms with van der Waals surface area (Å²) < 4.78 is 37.3. The molecule has 33 heavy (non-hydrogen) atoms. The number of benzene rings is 1. The van der Waals surface area contributed by atoms with Crippen molar-refractivity contribution >= 4 is 28.3 Å². The largest absolute Gasteiger partial charge is 0.368 e. The molecule has 3 aromatic rings. The van der Waals surface area contributed by atoms with Crippen LogP contribution in [0.25, 0.3) is 22.2 Å². The third kappa shape index (κ3) is 4.10. The van der Waals surface area contributed by atoms with Crippen LogP contribution in [0.2, 0.25) is 5.02 Å². The Kier molecular flexibility index (Phi) is 5.40. The normalized spacial score (nSPS) is 20.6. The molecule has 0 spiro atoms. The van der Waals surface area contributed by atoms with Gasteiger partial charge in [-0.05, 0) is 51.5 Å². The van der Waals surface area contributed by atoms with Crippen molar-refractivity contribution in [1.82, 2.24) is 14.5 Å². The lowest BCUT2D eigenvalue weighted by Gasteiger charge is -2.26. The van der Waals surface area contributed by atoms with Gasteiger partial charge in [0, 0.05) is 30.1 Å². The van der Waals surface area contributed by atoms with Gasteiger partial charge in [0.15, 0.2) is 0 Å². The molecule has 2 atom stereocenters. The summed E-state index contributed by atoms with van der Waals surface area (Å²) in [5.41, 5.74) is 0.101. The van der Waals surface area contributed by atoms with E-state index in [1.165, 1.54) is 12.1 Å². The molecule has 1 aromatic carbocycles. The fraction of sp³-hybridized carbons (Fsp3) is 0.458. The average Bonchev–Trinajstić information content (AvgIpc) is 3.34. The molecule has 2 aromatic heterocycles. The number of fused-ring (bicyclic) bond motifs is 2. The number of pyridine rings is 1. The Hall–Kier alpha value is -2.58. The standard InChI is InChI=1S/C24H25ClF2N4O2/c1-24(2,3)33-18-12-30(11-17(18)27)20-10-15-22(28-19-5-4-8-31(19)23(15)32)21(29-20)14-7-6-13(25)9-16(14)26/h6-7,9-10,17-18H,4-5,8,11-12H2,1-3H3/t17-,18?/m0/s1. The summed E-state index contributed by atoms with van der Waals surface area (Å²) in [7, 11) is 0. The predicted octanol–water partition coefficient (Wildman–Crippen LogP) is 4.54. The van der Waals surface area contributed by atoms with Gasteiger partial charge >= 0.3 is 0 Å². The Morgan fingerprint density at radius 3 is 2.70 bits per heavy atom. The Balaban J connectivity index is 1.67. The molecule has 0 radical (unpaired) electrons. The molecule has 2 aliphatic heterocycles. The lowest BCUT2D eigenvalue weighted by Crippen LogP contribution is -2.33. The third-order valence-corrected chi connectivity index (χ3v) is 6.24. The Morgan fingerprint density at radius 1 is 1.18 bits per heavy atom. The van der Waals surface area contributed by atoms with Gasteiger partial charge in [0.2, 0.25) is 0 Å². The van der Waals surface area contributed by atoms with Crippen LogP contribution < -0.4 is 10.5 Å². The number of halogens is 3. The zero-order valence-corrected chi connectivity index (χ0v) is 19.5. The minimum atomic E-state index is -1.21. The number of nitrogens with zero attached hydrogens (tertiary/aromatic N) is 4. The highest BCUT2D eigenvalue weighted by molar-refractivity contribution is 6.30. The summed E-state index contributed by atoms with van der Waals surface area (Å²) in [6.07, 6.45) is -0.337. The number of hydrogen-bond donors (Lipinski definition) is 0. The van der Waals surface area contributed by atoms with Gasteiger partial charge in [-0.3, -0.25) is 9.36 Å². The van der Waals surface area contributed by atoms with Crippen LogP contribution >= 0.6 is 11.6 Å². The molecule has 2 aliphatic rings. The topological polar surface area (TPSA) is 60.2 Å². The highest BCUT2D eigenvalue weighted by Gasteiger charge is 2.37. The molecule has 1 fully saturated rings. The van der Waals surface area contributed by atoms with E-state index in [-0.39, 0.29) is 34.9 Å². The van der Waals surface area contributed by atoms with Crippen LogP contribution in [0, 0.1) is 5.82 Å². The first-order valence-corrected chi connectivity index (χ1v) is 11.5. The van der Waals surface area contributed by atoms with Crippen molar-refractivity contribution in [2.45, 2.75) is 58.0 Å². The summed E-state index contributed by atoms with van der Waals surface area (Å²) >= 11 is 5.95. The van der Waals surface area contributed by atoms with Gasteiger partial charge in [-0.2, -0.15) is 0 Å². The van der Waals surface area contributed by atoms with E-state index < -0.39 is 23.7 Å². The molecule has 0 N–H and O–H groups in total. The lowest BCUT2D eigenvalue weighted by molar-refractivity contribution is -0.0730. The smallest absolute Gasteiger partial charge is 0.261 e. The number of ether oxygens (including phenoxy) is 1. The minimum absolute atomic E-state index is 0.0709. The van der Waals surface area contributed by atoms with Crippen molar-refractivity contribution in [1.29, 1.82) is 0 Å². The number of hydrogen-bond acceptors (Lipinski definition) is 5. The monoisotopic (exact) mass is 474 g/mol. The van der Waals surface area contributed by atoms with Gasteiger partial charge in [-0.25, -0.2) is 18.7 Å². The number of aromatic nitrogens is 3. The summed E-state index contributed by atoms with van der Waals surface area (Å²) in [6.45, 7) is 6.58. The molecule has 9 heteroatoms. The average molecular weight is 475 g/mol. The quantitative estimate of drug-likeness (QED) is 0.558.